The monoisotopic (exact) mass is 207 g/mol. The molecule has 0 atom stereocenters. The molecule has 0 amide bonds. The highest BCUT2D eigenvalue weighted by Crippen LogP contribution is 2.14. The normalized spacial score (nSPS) is 9.90. The van der Waals surface area contributed by atoms with Gasteiger partial charge in [0.15, 0.2) is 0 Å². The topological polar surface area (TPSA) is 12.9 Å². The summed E-state index contributed by atoms with van der Waals surface area (Å²) in [5, 5.41) is 0. The molecular weight excluding hydrogens is 204 g/mol. The fourth-order valence-corrected chi connectivity index (χ4v) is 0.930. The quantitative estimate of drug-likeness (QED) is 0.646. The van der Waals surface area contributed by atoms with Crippen LogP contribution in [0.25, 0.3) is 0 Å². The minimum Gasteiger partial charge on any atom is -0.246 e. The van der Waals surface area contributed by atoms with Crippen molar-refractivity contribution >= 4 is 15.9 Å². The highest BCUT2D eigenvalue weighted by atomic mass is 79.9. The molecule has 1 rings (SSSR count). The minimum atomic E-state index is -0.619. The fourth-order valence-electron chi connectivity index (χ4n) is 0.534. The van der Waals surface area contributed by atoms with Crippen LogP contribution >= 0.6 is 15.9 Å². The van der Waals surface area contributed by atoms with Crippen molar-refractivity contribution in [2.45, 2.75) is 6.67 Å². The van der Waals surface area contributed by atoms with Gasteiger partial charge in [0.2, 0.25) is 5.95 Å². The van der Waals surface area contributed by atoms with Crippen LogP contribution in [0.15, 0.2) is 16.7 Å². The number of alkyl halides is 1. The zero-order valence-corrected chi connectivity index (χ0v) is 6.53. The lowest BCUT2D eigenvalue weighted by Gasteiger charge is -1.94. The Morgan fingerprint density at radius 1 is 1.60 bits per heavy atom. The Bertz CT molecular complexity index is 239. The zero-order valence-electron chi connectivity index (χ0n) is 4.94. The van der Waals surface area contributed by atoms with Gasteiger partial charge in [-0.3, -0.25) is 0 Å². The van der Waals surface area contributed by atoms with Gasteiger partial charge in [-0.05, 0) is 22.0 Å². The van der Waals surface area contributed by atoms with Crippen molar-refractivity contribution in [2.24, 2.45) is 0 Å². The average molecular weight is 208 g/mol. The Morgan fingerprint density at radius 3 is 2.80 bits per heavy atom. The second kappa shape index (κ2) is 3.05. The first-order valence-electron chi connectivity index (χ1n) is 2.60. The largest absolute Gasteiger partial charge is 0.246 e. The third kappa shape index (κ3) is 1.50. The fraction of sp³-hybridized carbons (Fsp3) is 0.167. The van der Waals surface area contributed by atoms with Crippen LogP contribution in [0.1, 0.15) is 5.56 Å². The number of halogens is 3. The standard InChI is InChI=1S/C6H4BrF2N/c7-5-1-4(2-8)3-10-6(5)9/h1,3H,2H2. The van der Waals surface area contributed by atoms with Gasteiger partial charge in [-0.15, -0.1) is 0 Å². The van der Waals surface area contributed by atoms with Crippen LogP contribution < -0.4 is 0 Å². The second-order valence-corrected chi connectivity index (χ2v) is 2.60. The summed E-state index contributed by atoms with van der Waals surface area (Å²) < 4.78 is 24.4. The molecule has 0 unspecified atom stereocenters. The first-order chi connectivity index (χ1) is 4.74. The van der Waals surface area contributed by atoms with Crippen LogP contribution in [0.4, 0.5) is 8.78 Å². The third-order valence-corrected chi connectivity index (χ3v) is 1.56. The Kier molecular flexibility index (Phi) is 2.32. The molecule has 0 aliphatic heterocycles. The van der Waals surface area contributed by atoms with Crippen molar-refractivity contribution in [1.29, 1.82) is 0 Å². The maximum Gasteiger partial charge on any atom is 0.227 e. The third-order valence-electron chi connectivity index (χ3n) is 1.01. The Balaban J connectivity index is 3.04. The molecule has 0 aromatic carbocycles. The van der Waals surface area contributed by atoms with Crippen molar-refractivity contribution in [3.63, 3.8) is 0 Å². The molecule has 0 aliphatic carbocycles. The van der Waals surface area contributed by atoms with Gasteiger partial charge in [0.25, 0.3) is 0 Å². The van der Waals surface area contributed by atoms with Crippen molar-refractivity contribution in [2.75, 3.05) is 0 Å². The molecule has 4 heteroatoms. The number of pyridine rings is 1. The molecule has 0 radical (unpaired) electrons. The van der Waals surface area contributed by atoms with Gasteiger partial charge < -0.3 is 0 Å². The lowest BCUT2D eigenvalue weighted by atomic mass is 10.3. The van der Waals surface area contributed by atoms with E-state index < -0.39 is 12.6 Å². The minimum absolute atomic E-state index is 0.197. The molecule has 1 heterocycles. The van der Waals surface area contributed by atoms with Crippen LogP contribution in [0.5, 0.6) is 0 Å². The van der Waals surface area contributed by atoms with Gasteiger partial charge in [0.05, 0.1) is 4.47 Å². The van der Waals surface area contributed by atoms with Crippen molar-refractivity contribution in [1.82, 2.24) is 4.98 Å². The molecule has 0 N–H and O–H groups in total. The Hall–Kier alpha value is -0.510. The van der Waals surface area contributed by atoms with Gasteiger partial charge in [0.1, 0.15) is 6.67 Å². The summed E-state index contributed by atoms with van der Waals surface area (Å²) in [5.74, 6) is -0.614. The van der Waals surface area contributed by atoms with Crippen LogP contribution in [-0.2, 0) is 6.67 Å². The van der Waals surface area contributed by atoms with E-state index in [1.165, 1.54) is 12.3 Å². The molecule has 0 saturated carbocycles. The average Bonchev–Trinajstić information content (AvgIpc) is 1.95. The lowest BCUT2D eigenvalue weighted by molar-refractivity contribution is 0.481. The second-order valence-electron chi connectivity index (χ2n) is 1.75. The smallest absolute Gasteiger partial charge is 0.227 e. The molecule has 0 saturated heterocycles. The molecule has 10 heavy (non-hydrogen) atoms. The SMILES string of the molecule is FCc1cnc(F)c(Br)c1. The van der Waals surface area contributed by atoms with Crippen molar-refractivity contribution in [3.05, 3.63) is 28.2 Å². The Labute approximate surface area is 65.2 Å². The van der Waals surface area contributed by atoms with Gasteiger partial charge in [0, 0.05) is 11.8 Å². The number of nitrogens with zero attached hydrogens (tertiary/aromatic N) is 1. The van der Waals surface area contributed by atoms with E-state index in [9.17, 15) is 8.78 Å². The van der Waals surface area contributed by atoms with Gasteiger partial charge >= 0.3 is 0 Å². The molecule has 0 fully saturated rings. The van der Waals surface area contributed by atoms with E-state index in [2.05, 4.69) is 20.9 Å². The van der Waals surface area contributed by atoms with Gasteiger partial charge in [-0.2, -0.15) is 4.39 Å². The van der Waals surface area contributed by atoms with E-state index in [-0.39, 0.29) is 4.47 Å². The van der Waals surface area contributed by atoms with Crippen LogP contribution in [0, 0.1) is 5.95 Å². The molecule has 1 aromatic rings. The summed E-state index contributed by atoms with van der Waals surface area (Å²) >= 11 is 2.88. The molecule has 1 aromatic heterocycles. The summed E-state index contributed by atoms with van der Waals surface area (Å²) in [4.78, 5) is 3.30. The van der Waals surface area contributed by atoms with Gasteiger partial charge in [-0.1, -0.05) is 0 Å². The maximum absolute atomic E-state index is 12.4. The van der Waals surface area contributed by atoms with Crippen LogP contribution in [-0.4, -0.2) is 4.98 Å². The van der Waals surface area contributed by atoms with E-state index in [0.29, 0.717) is 5.56 Å². The Morgan fingerprint density at radius 2 is 2.30 bits per heavy atom. The predicted octanol–water partition coefficient (Wildman–Crippen LogP) is 2.45. The number of hydrogen-bond acceptors (Lipinski definition) is 1. The molecule has 0 spiro atoms. The molecule has 54 valence electrons. The summed E-state index contributed by atoms with van der Waals surface area (Å²) in [7, 11) is 0. The predicted molar refractivity (Wildman–Crippen MR) is 36.7 cm³/mol. The van der Waals surface area contributed by atoms with E-state index in [0.717, 1.165) is 0 Å². The lowest BCUT2D eigenvalue weighted by Crippen LogP contribution is -1.86. The van der Waals surface area contributed by atoms with Gasteiger partial charge in [-0.25, -0.2) is 9.37 Å². The highest BCUT2D eigenvalue weighted by Gasteiger charge is 2.00. The molecule has 1 nitrogen and oxygen atoms in total. The number of aromatic nitrogens is 1. The first-order valence-corrected chi connectivity index (χ1v) is 3.39. The summed E-state index contributed by atoms with van der Waals surface area (Å²) in [6, 6.07) is 1.36. The number of rotatable bonds is 1. The van der Waals surface area contributed by atoms with Crippen molar-refractivity contribution in [3.8, 4) is 0 Å². The molecule has 0 bridgehead atoms. The van der Waals surface area contributed by atoms with E-state index in [4.69, 9.17) is 0 Å². The summed E-state index contributed by atoms with van der Waals surface area (Å²) in [5.41, 5.74) is 0.369. The van der Waals surface area contributed by atoms with E-state index in [1.807, 2.05) is 0 Å². The first kappa shape index (κ1) is 7.60. The van der Waals surface area contributed by atoms with E-state index in [1.54, 1.807) is 0 Å². The van der Waals surface area contributed by atoms with E-state index >= 15 is 0 Å². The number of hydrogen-bond donors (Lipinski definition) is 0. The van der Waals surface area contributed by atoms with Crippen molar-refractivity contribution < 1.29 is 8.78 Å². The molecule has 0 aliphatic rings. The molecular formula is C6H4BrF2N. The summed E-state index contributed by atoms with van der Waals surface area (Å²) in [6.07, 6.45) is 1.17. The van der Waals surface area contributed by atoms with Crippen LogP contribution in [0.3, 0.4) is 0 Å². The highest BCUT2D eigenvalue weighted by molar-refractivity contribution is 9.10. The maximum atomic E-state index is 12.4. The zero-order chi connectivity index (χ0) is 7.56. The summed E-state index contributed by atoms with van der Waals surface area (Å²) in [6.45, 7) is -0.619. The van der Waals surface area contributed by atoms with Crippen LogP contribution in [0.2, 0.25) is 0 Å².